The van der Waals surface area contributed by atoms with E-state index in [9.17, 15) is 13.2 Å². The maximum atomic E-state index is 13.0. The van der Waals surface area contributed by atoms with Gasteiger partial charge in [0.2, 0.25) is 15.9 Å². The Balaban J connectivity index is 1.22. The van der Waals surface area contributed by atoms with E-state index in [1.54, 1.807) is 6.08 Å². The van der Waals surface area contributed by atoms with Crippen molar-refractivity contribution in [2.24, 2.45) is 11.8 Å². The molecule has 0 aromatic heterocycles. The average molecular weight is 460 g/mol. The third kappa shape index (κ3) is 6.21. The first-order valence-electron chi connectivity index (χ1n) is 12.3. The molecule has 1 aromatic carbocycles. The highest BCUT2D eigenvalue weighted by atomic mass is 32.2. The zero-order valence-electron chi connectivity index (χ0n) is 19.1. The largest absolute Gasteiger partial charge is 0.340 e. The van der Waals surface area contributed by atoms with Gasteiger partial charge in [0.05, 0.1) is 0 Å². The van der Waals surface area contributed by atoms with E-state index in [-0.39, 0.29) is 11.8 Å². The topological polar surface area (TPSA) is 60.9 Å². The molecule has 2 saturated heterocycles. The molecule has 176 valence electrons. The molecule has 0 bridgehead atoms. The van der Waals surface area contributed by atoms with Crippen molar-refractivity contribution >= 4 is 22.0 Å². The minimum atomic E-state index is -3.46. The Morgan fingerprint density at radius 1 is 0.875 bits per heavy atom. The van der Waals surface area contributed by atoms with Crippen LogP contribution in [0.3, 0.4) is 0 Å². The zero-order valence-corrected chi connectivity index (χ0v) is 19.9. The van der Waals surface area contributed by atoms with Crippen molar-refractivity contribution < 1.29 is 13.2 Å². The van der Waals surface area contributed by atoms with Gasteiger partial charge in [-0.05, 0) is 43.2 Å². The summed E-state index contributed by atoms with van der Waals surface area (Å²) in [5, 5.41) is 1.29. The standard InChI is InChI=1S/C25H37N3O3S/c29-25(27-18-16-26(17-19-27)21-23-9-5-2-6-10-23)24-11-14-28(15-12-24)32(30,31)20-13-22-7-3-1-4-8-22/h1,3-4,7-8,13,20,23-24H,2,5-6,9-12,14-19,21H2/b20-13+. The summed E-state index contributed by atoms with van der Waals surface area (Å²) in [7, 11) is -3.46. The van der Waals surface area contributed by atoms with Gasteiger partial charge in [0.1, 0.15) is 0 Å². The molecule has 4 rings (SSSR count). The number of rotatable bonds is 6. The van der Waals surface area contributed by atoms with Crippen LogP contribution in [0.15, 0.2) is 35.7 Å². The Bertz CT molecular complexity index is 865. The summed E-state index contributed by atoms with van der Waals surface area (Å²) < 4.78 is 26.9. The van der Waals surface area contributed by atoms with Crippen LogP contribution >= 0.6 is 0 Å². The van der Waals surface area contributed by atoms with E-state index >= 15 is 0 Å². The average Bonchev–Trinajstić information content (AvgIpc) is 2.84. The molecule has 3 fully saturated rings. The molecule has 2 aliphatic heterocycles. The lowest BCUT2D eigenvalue weighted by atomic mass is 9.89. The van der Waals surface area contributed by atoms with Crippen LogP contribution in [0.4, 0.5) is 0 Å². The van der Waals surface area contributed by atoms with Gasteiger partial charge in [0, 0.05) is 57.1 Å². The van der Waals surface area contributed by atoms with Crippen LogP contribution in [-0.4, -0.2) is 74.2 Å². The molecule has 0 atom stereocenters. The van der Waals surface area contributed by atoms with Crippen LogP contribution < -0.4 is 0 Å². The van der Waals surface area contributed by atoms with Crippen LogP contribution in [0.25, 0.3) is 6.08 Å². The Morgan fingerprint density at radius 2 is 1.53 bits per heavy atom. The van der Waals surface area contributed by atoms with E-state index in [1.807, 2.05) is 35.2 Å². The predicted octanol–water partition coefficient (Wildman–Crippen LogP) is 3.42. The lowest BCUT2D eigenvalue weighted by Gasteiger charge is -2.39. The molecule has 32 heavy (non-hydrogen) atoms. The van der Waals surface area contributed by atoms with E-state index in [2.05, 4.69) is 4.90 Å². The number of hydrogen-bond donors (Lipinski definition) is 0. The number of carbonyl (C=O) groups is 1. The smallest absolute Gasteiger partial charge is 0.236 e. The summed E-state index contributed by atoms with van der Waals surface area (Å²) in [5.41, 5.74) is 0.865. The van der Waals surface area contributed by atoms with Crippen LogP contribution in [0.5, 0.6) is 0 Å². The van der Waals surface area contributed by atoms with Gasteiger partial charge in [-0.1, -0.05) is 49.6 Å². The van der Waals surface area contributed by atoms with Crippen LogP contribution in [0.2, 0.25) is 0 Å². The van der Waals surface area contributed by atoms with E-state index in [0.717, 1.165) is 37.7 Å². The van der Waals surface area contributed by atoms with Gasteiger partial charge >= 0.3 is 0 Å². The van der Waals surface area contributed by atoms with Gasteiger partial charge in [-0.3, -0.25) is 9.69 Å². The van der Waals surface area contributed by atoms with E-state index in [0.29, 0.717) is 25.9 Å². The van der Waals surface area contributed by atoms with Gasteiger partial charge < -0.3 is 4.90 Å². The second kappa shape index (κ2) is 10.9. The number of piperazine rings is 1. The second-order valence-corrected chi connectivity index (χ2v) is 11.4. The SMILES string of the molecule is O=C(C1CCN(S(=O)(=O)/C=C/c2ccccc2)CC1)N1CCN(CC2CCCCC2)CC1. The van der Waals surface area contributed by atoms with Crippen LogP contribution in [0.1, 0.15) is 50.5 Å². The molecule has 0 radical (unpaired) electrons. The number of piperidine rings is 1. The number of carbonyl (C=O) groups excluding carboxylic acids is 1. The quantitative estimate of drug-likeness (QED) is 0.654. The van der Waals surface area contributed by atoms with E-state index in [1.165, 1.54) is 48.4 Å². The van der Waals surface area contributed by atoms with Crippen molar-refractivity contribution in [1.82, 2.24) is 14.1 Å². The normalized spacial score (nSPS) is 23.1. The molecule has 1 amide bonds. The van der Waals surface area contributed by atoms with Crippen molar-refractivity contribution in [3.05, 3.63) is 41.3 Å². The fourth-order valence-corrected chi connectivity index (χ4v) is 6.54. The van der Waals surface area contributed by atoms with Crippen LogP contribution in [0, 0.1) is 11.8 Å². The number of hydrogen-bond acceptors (Lipinski definition) is 4. The maximum absolute atomic E-state index is 13.0. The Kier molecular flexibility index (Phi) is 8.02. The summed E-state index contributed by atoms with van der Waals surface area (Å²) in [6, 6.07) is 9.44. The third-order valence-electron chi connectivity index (χ3n) is 7.32. The monoisotopic (exact) mass is 459 g/mol. The highest BCUT2D eigenvalue weighted by molar-refractivity contribution is 7.92. The minimum Gasteiger partial charge on any atom is -0.340 e. The number of benzene rings is 1. The van der Waals surface area contributed by atoms with Gasteiger partial charge in [-0.15, -0.1) is 0 Å². The summed E-state index contributed by atoms with van der Waals surface area (Å²) >= 11 is 0. The van der Waals surface area contributed by atoms with Gasteiger partial charge in [0.15, 0.2) is 0 Å². The summed E-state index contributed by atoms with van der Waals surface area (Å²) in [6.45, 7) is 5.58. The minimum absolute atomic E-state index is 0.0514. The summed E-state index contributed by atoms with van der Waals surface area (Å²) in [6.07, 6.45) is 9.72. The first-order chi connectivity index (χ1) is 15.5. The van der Waals surface area contributed by atoms with E-state index in [4.69, 9.17) is 0 Å². The van der Waals surface area contributed by atoms with Crippen molar-refractivity contribution in [2.45, 2.75) is 44.9 Å². The predicted molar refractivity (Wildman–Crippen MR) is 128 cm³/mol. The fraction of sp³-hybridized carbons (Fsp3) is 0.640. The molecule has 7 heteroatoms. The molecule has 3 aliphatic rings. The van der Waals surface area contributed by atoms with Crippen molar-refractivity contribution in [3.63, 3.8) is 0 Å². The van der Waals surface area contributed by atoms with Gasteiger partial charge in [-0.2, -0.15) is 4.31 Å². The van der Waals surface area contributed by atoms with E-state index < -0.39 is 10.0 Å². The molecule has 6 nitrogen and oxygen atoms in total. The van der Waals surface area contributed by atoms with Crippen molar-refractivity contribution in [1.29, 1.82) is 0 Å². The Hall–Kier alpha value is -1.70. The first kappa shape index (κ1) is 23.5. The van der Waals surface area contributed by atoms with Crippen molar-refractivity contribution in [3.8, 4) is 0 Å². The maximum Gasteiger partial charge on any atom is 0.236 e. The van der Waals surface area contributed by atoms with Gasteiger partial charge in [0.25, 0.3) is 0 Å². The number of sulfonamides is 1. The second-order valence-electron chi connectivity index (χ2n) is 9.56. The molecular weight excluding hydrogens is 422 g/mol. The third-order valence-corrected chi connectivity index (χ3v) is 8.89. The zero-order chi connectivity index (χ0) is 22.4. The highest BCUT2D eigenvalue weighted by Crippen LogP contribution is 2.26. The van der Waals surface area contributed by atoms with Gasteiger partial charge in [-0.25, -0.2) is 8.42 Å². The molecular formula is C25H37N3O3S. The molecule has 0 spiro atoms. The number of nitrogens with zero attached hydrogens (tertiary/aromatic N) is 3. The lowest BCUT2D eigenvalue weighted by Crippen LogP contribution is -2.52. The molecule has 1 aromatic rings. The van der Waals surface area contributed by atoms with Crippen LogP contribution in [-0.2, 0) is 14.8 Å². The highest BCUT2D eigenvalue weighted by Gasteiger charge is 2.33. The first-order valence-corrected chi connectivity index (χ1v) is 13.8. The molecule has 1 saturated carbocycles. The number of amides is 1. The molecule has 0 unspecified atom stereocenters. The van der Waals surface area contributed by atoms with Crippen molar-refractivity contribution in [2.75, 3.05) is 45.8 Å². The molecule has 2 heterocycles. The Morgan fingerprint density at radius 3 is 2.19 bits per heavy atom. The molecule has 0 N–H and O–H groups in total. The Labute approximate surface area is 193 Å². The summed E-state index contributed by atoms with van der Waals surface area (Å²) in [5.74, 6) is 1.01. The molecule has 1 aliphatic carbocycles. The summed E-state index contributed by atoms with van der Waals surface area (Å²) in [4.78, 5) is 17.6. The lowest BCUT2D eigenvalue weighted by molar-refractivity contribution is -0.138. The fourth-order valence-electron chi connectivity index (χ4n) is 5.32.